The highest BCUT2D eigenvalue weighted by Crippen LogP contribution is 2.17. The molecule has 0 N–H and O–H groups in total. The molecule has 0 spiro atoms. The average molecular weight is 464 g/mol. The van der Waals surface area contributed by atoms with Crippen LogP contribution in [0.1, 0.15) is 41.3 Å². The van der Waals surface area contributed by atoms with Crippen LogP contribution in [0, 0.1) is 23.0 Å². The highest BCUT2D eigenvalue weighted by atomic mass is 16.6. The van der Waals surface area contributed by atoms with Gasteiger partial charge in [0, 0.05) is 30.8 Å². The Morgan fingerprint density at radius 3 is 2.18 bits per heavy atom. The van der Waals surface area contributed by atoms with Crippen molar-refractivity contribution >= 4 is 17.5 Å². The van der Waals surface area contributed by atoms with Gasteiger partial charge in [0.15, 0.2) is 0 Å². The van der Waals surface area contributed by atoms with Crippen molar-refractivity contribution < 1.29 is 18.9 Å². The molecule has 34 heavy (non-hydrogen) atoms. The maximum absolute atomic E-state index is 13.4. The summed E-state index contributed by atoms with van der Waals surface area (Å²) in [6.07, 6.45) is 0. The van der Waals surface area contributed by atoms with Crippen LogP contribution in [-0.2, 0) is 17.9 Å². The fourth-order valence-corrected chi connectivity index (χ4v) is 3.63. The molecule has 0 atom stereocenters. The Morgan fingerprint density at radius 1 is 0.941 bits per heavy atom. The Morgan fingerprint density at radius 2 is 1.62 bits per heavy atom. The first-order valence-electron chi connectivity index (χ1n) is 11.1. The van der Waals surface area contributed by atoms with Crippen molar-refractivity contribution in [3.8, 4) is 0 Å². The van der Waals surface area contributed by atoms with Crippen LogP contribution in [0.5, 0.6) is 0 Å². The van der Waals surface area contributed by atoms with E-state index in [2.05, 4.69) is 0 Å². The quantitative estimate of drug-likeness (QED) is 0.317. The summed E-state index contributed by atoms with van der Waals surface area (Å²) in [5, 5.41) is 10.9. The molecule has 0 aliphatic carbocycles. The summed E-state index contributed by atoms with van der Waals surface area (Å²) in [6.45, 7) is 6.70. The van der Waals surface area contributed by atoms with Gasteiger partial charge in [-0.1, -0.05) is 44.2 Å². The van der Waals surface area contributed by atoms with Gasteiger partial charge < -0.3 is 14.2 Å². The summed E-state index contributed by atoms with van der Waals surface area (Å²) in [4.78, 5) is 40.2. The predicted molar refractivity (Wildman–Crippen MR) is 128 cm³/mol. The Kier molecular flexibility index (Phi) is 8.19. The fraction of sp³-hybridized carbons (Fsp3) is 0.308. The van der Waals surface area contributed by atoms with Crippen LogP contribution in [-0.4, -0.2) is 39.6 Å². The molecular formula is C26H29N3O5. The largest absolute Gasteiger partial charge is 0.464 e. The van der Waals surface area contributed by atoms with Crippen molar-refractivity contribution in [2.45, 2.75) is 33.9 Å². The lowest BCUT2D eigenvalue weighted by molar-refractivity contribution is -0.384. The van der Waals surface area contributed by atoms with Crippen LogP contribution < -0.4 is 0 Å². The summed E-state index contributed by atoms with van der Waals surface area (Å²) >= 11 is 0. The minimum atomic E-state index is -0.512. The molecule has 3 aromatic rings. The maximum Gasteiger partial charge on any atom is 0.269 e. The number of aryl methyl sites for hydroxylation is 1. The van der Waals surface area contributed by atoms with Crippen LogP contribution in [0.25, 0.3) is 0 Å². The molecule has 0 unspecified atom stereocenters. The summed E-state index contributed by atoms with van der Waals surface area (Å²) in [6, 6.07) is 18.8. The molecule has 2 amide bonds. The van der Waals surface area contributed by atoms with Crippen molar-refractivity contribution in [2.24, 2.45) is 5.92 Å². The van der Waals surface area contributed by atoms with Gasteiger partial charge in [0.2, 0.25) is 5.91 Å². The van der Waals surface area contributed by atoms with Crippen LogP contribution >= 0.6 is 0 Å². The first-order valence-corrected chi connectivity index (χ1v) is 11.1. The second kappa shape index (κ2) is 11.3. The summed E-state index contributed by atoms with van der Waals surface area (Å²) in [5.74, 6) is 1.00. The van der Waals surface area contributed by atoms with E-state index in [0.29, 0.717) is 24.4 Å². The zero-order chi connectivity index (χ0) is 24.7. The van der Waals surface area contributed by atoms with E-state index in [1.807, 2.05) is 63.2 Å². The van der Waals surface area contributed by atoms with E-state index in [1.54, 1.807) is 4.90 Å². The minimum absolute atomic E-state index is 0.0918. The molecule has 8 nitrogen and oxygen atoms in total. The van der Waals surface area contributed by atoms with E-state index in [9.17, 15) is 19.7 Å². The number of rotatable bonds is 10. The molecule has 0 saturated heterocycles. The SMILES string of the molecule is Cc1ccc(CN(Cc2ccccc2)C(=O)CN(CC(C)C)C(=O)c2ccc([N+](=O)[O-])cc2)o1. The average Bonchev–Trinajstić information content (AvgIpc) is 3.22. The number of nitrogens with zero attached hydrogens (tertiary/aromatic N) is 3. The van der Waals surface area contributed by atoms with Crippen LogP contribution in [0.3, 0.4) is 0 Å². The summed E-state index contributed by atoms with van der Waals surface area (Å²) in [5.41, 5.74) is 1.18. The normalized spacial score (nSPS) is 10.8. The first-order chi connectivity index (χ1) is 16.2. The van der Waals surface area contributed by atoms with E-state index in [0.717, 1.165) is 11.3 Å². The Bertz CT molecular complexity index is 1120. The fourth-order valence-electron chi connectivity index (χ4n) is 3.63. The van der Waals surface area contributed by atoms with E-state index in [-0.39, 0.29) is 36.5 Å². The number of hydrogen-bond acceptors (Lipinski definition) is 5. The van der Waals surface area contributed by atoms with Crippen molar-refractivity contribution in [2.75, 3.05) is 13.1 Å². The van der Waals surface area contributed by atoms with Crippen molar-refractivity contribution in [1.29, 1.82) is 0 Å². The van der Waals surface area contributed by atoms with Gasteiger partial charge >= 0.3 is 0 Å². The van der Waals surface area contributed by atoms with Gasteiger partial charge in [-0.25, -0.2) is 0 Å². The highest BCUT2D eigenvalue weighted by molar-refractivity contribution is 5.96. The van der Waals surface area contributed by atoms with Crippen molar-refractivity contribution in [1.82, 2.24) is 9.80 Å². The Balaban J connectivity index is 1.81. The number of benzene rings is 2. The number of furan rings is 1. The van der Waals surface area contributed by atoms with Gasteiger partial charge in [-0.3, -0.25) is 19.7 Å². The third kappa shape index (κ3) is 6.78. The molecule has 0 aliphatic heterocycles. The van der Waals surface area contributed by atoms with E-state index in [1.165, 1.54) is 29.2 Å². The molecule has 0 radical (unpaired) electrons. The Hall–Kier alpha value is -3.94. The lowest BCUT2D eigenvalue weighted by Gasteiger charge is -2.28. The molecule has 1 aromatic heterocycles. The third-order valence-corrected chi connectivity index (χ3v) is 5.24. The monoisotopic (exact) mass is 463 g/mol. The first kappa shape index (κ1) is 24.7. The van der Waals surface area contributed by atoms with Crippen LogP contribution in [0.2, 0.25) is 0 Å². The maximum atomic E-state index is 13.4. The third-order valence-electron chi connectivity index (χ3n) is 5.24. The van der Waals surface area contributed by atoms with Gasteiger partial charge in [-0.15, -0.1) is 0 Å². The van der Waals surface area contributed by atoms with Crippen LogP contribution in [0.15, 0.2) is 71.1 Å². The molecule has 0 saturated carbocycles. The van der Waals surface area contributed by atoms with Gasteiger partial charge in [-0.05, 0) is 42.7 Å². The second-order valence-corrected chi connectivity index (χ2v) is 8.63. The molecule has 1 heterocycles. The van der Waals surface area contributed by atoms with Gasteiger partial charge in [0.05, 0.1) is 11.5 Å². The molecule has 2 aromatic carbocycles. The molecule has 3 rings (SSSR count). The molecule has 0 bridgehead atoms. The lowest BCUT2D eigenvalue weighted by atomic mass is 10.1. The number of nitro groups is 1. The van der Waals surface area contributed by atoms with E-state index >= 15 is 0 Å². The van der Waals surface area contributed by atoms with Crippen LogP contribution in [0.4, 0.5) is 5.69 Å². The molecule has 8 heteroatoms. The molecule has 0 fully saturated rings. The summed E-state index contributed by atoms with van der Waals surface area (Å²) in [7, 11) is 0. The van der Waals surface area contributed by atoms with Crippen molar-refractivity contribution in [3.05, 3.63) is 99.5 Å². The van der Waals surface area contributed by atoms with Gasteiger partial charge in [0.25, 0.3) is 11.6 Å². The smallest absolute Gasteiger partial charge is 0.269 e. The number of amides is 2. The number of carbonyl (C=O) groups excluding carboxylic acids is 2. The number of non-ortho nitro benzene ring substituents is 1. The van der Waals surface area contributed by atoms with E-state index < -0.39 is 4.92 Å². The van der Waals surface area contributed by atoms with E-state index in [4.69, 9.17) is 4.42 Å². The molecular weight excluding hydrogens is 434 g/mol. The number of carbonyl (C=O) groups is 2. The zero-order valence-electron chi connectivity index (χ0n) is 19.6. The topological polar surface area (TPSA) is 96.9 Å². The second-order valence-electron chi connectivity index (χ2n) is 8.63. The highest BCUT2D eigenvalue weighted by Gasteiger charge is 2.24. The molecule has 0 aliphatic rings. The Labute approximate surface area is 198 Å². The zero-order valence-corrected chi connectivity index (χ0v) is 19.6. The minimum Gasteiger partial charge on any atom is -0.464 e. The van der Waals surface area contributed by atoms with Crippen molar-refractivity contribution in [3.63, 3.8) is 0 Å². The lowest BCUT2D eigenvalue weighted by Crippen LogP contribution is -2.43. The number of hydrogen-bond donors (Lipinski definition) is 0. The standard InChI is InChI=1S/C26H29N3O5/c1-19(2)15-28(26(31)22-10-12-23(13-11-22)29(32)33)18-25(30)27(16-21-7-5-4-6-8-21)17-24-14-9-20(3)34-24/h4-14,19H,15-18H2,1-3H3. The predicted octanol–water partition coefficient (Wildman–Crippen LogP) is 4.82. The van der Waals surface area contributed by atoms with Gasteiger partial charge in [-0.2, -0.15) is 0 Å². The van der Waals surface area contributed by atoms with Gasteiger partial charge in [0.1, 0.15) is 18.1 Å². The summed E-state index contributed by atoms with van der Waals surface area (Å²) < 4.78 is 5.69. The number of nitro benzene ring substituents is 1. The molecule has 178 valence electrons.